The number of aliphatic hydroxyl groups excluding tert-OH is 1. The number of rotatable bonds is 5. The molecule has 6 heteroatoms. The second-order valence-electron chi connectivity index (χ2n) is 4.02. The van der Waals surface area contributed by atoms with Crippen LogP contribution in [0.1, 0.15) is 5.69 Å². The molecule has 1 aromatic heterocycles. The topological polar surface area (TPSA) is 80.9 Å². The minimum atomic E-state index is -0.667. The second-order valence-corrected chi connectivity index (χ2v) is 4.02. The van der Waals surface area contributed by atoms with Crippen molar-refractivity contribution in [2.45, 2.75) is 12.5 Å². The Morgan fingerprint density at radius 1 is 1.44 bits per heavy atom. The zero-order chi connectivity index (χ0) is 13.0. The number of H-pyrrole nitrogens is 2. The van der Waals surface area contributed by atoms with E-state index in [9.17, 15) is 14.3 Å². The van der Waals surface area contributed by atoms with Gasteiger partial charge in [0.15, 0.2) is 0 Å². The van der Waals surface area contributed by atoms with Crippen molar-refractivity contribution in [2.75, 3.05) is 11.9 Å². The Bertz CT molecular complexity index is 564. The van der Waals surface area contributed by atoms with E-state index in [1.807, 2.05) is 0 Å². The highest BCUT2D eigenvalue weighted by Crippen LogP contribution is 2.09. The summed E-state index contributed by atoms with van der Waals surface area (Å²) in [5.74, 6) is -0.329. The van der Waals surface area contributed by atoms with E-state index in [-0.39, 0.29) is 18.1 Å². The molecule has 1 atom stereocenters. The lowest BCUT2D eigenvalue weighted by Gasteiger charge is -2.11. The van der Waals surface area contributed by atoms with E-state index in [2.05, 4.69) is 15.3 Å². The lowest BCUT2D eigenvalue weighted by molar-refractivity contribution is 0.187. The highest BCUT2D eigenvalue weighted by Gasteiger charge is 2.07. The first kappa shape index (κ1) is 12.4. The van der Waals surface area contributed by atoms with Crippen LogP contribution >= 0.6 is 0 Å². The summed E-state index contributed by atoms with van der Waals surface area (Å²) in [6.45, 7) is 0.274. The van der Waals surface area contributed by atoms with Gasteiger partial charge in [-0.2, -0.15) is 0 Å². The zero-order valence-corrected chi connectivity index (χ0v) is 9.61. The first-order valence-electron chi connectivity index (χ1n) is 5.57. The maximum absolute atomic E-state index is 12.9. The summed E-state index contributed by atoms with van der Waals surface area (Å²) in [7, 11) is 0. The third-order valence-electron chi connectivity index (χ3n) is 2.47. The molecule has 0 aliphatic heterocycles. The predicted octanol–water partition coefficient (Wildman–Crippen LogP) is 0.858. The molecule has 0 radical (unpaired) electrons. The van der Waals surface area contributed by atoms with Crippen LogP contribution in [0.4, 0.5) is 10.1 Å². The molecule has 2 aromatic rings. The number of aliphatic hydroxyl groups is 1. The van der Waals surface area contributed by atoms with Crippen molar-refractivity contribution in [3.8, 4) is 0 Å². The summed E-state index contributed by atoms with van der Waals surface area (Å²) >= 11 is 0. The smallest absolute Gasteiger partial charge is 0.323 e. The molecule has 5 nitrogen and oxygen atoms in total. The lowest BCUT2D eigenvalue weighted by atomic mass is 10.2. The van der Waals surface area contributed by atoms with Crippen molar-refractivity contribution in [3.63, 3.8) is 0 Å². The Kier molecular flexibility index (Phi) is 3.78. The standard InChI is InChI=1S/C12H14FN3O2/c13-8-2-1-3-9(4-8)14-7-11(17)5-10-6-15-12(18)16-10/h1-4,6,11,14,17H,5,7H2,(H2,15,16,18). The quantitative estimate of drug-likeness (QED) is 0.636. The van der Waals surface area contributed by atoms with Crippen LogP contribution < -0.4 is 11.0 Å². The van der Waals surface area contributed by atoms with Gasteiger partial charge in [-0.1, -0.05) is 6.07 Å². The van der Waals surface area contributed by atoms with Crippen LogP contribution in [0.2, 0.25) is 0 Å². The first-order chi connectivity index (χ1) is 8.63. The molecule has 1 aromatic carbocycles. The number of aromatic amines is 2. The van der Waals surface area contributed by atoms with Gasteiger partial charge in [0, 0.05) is 30.5 Å². The second kappa shape index (κ2) is 5.50. The van der Waals surface area contributed by atoms with Gasteiger partial charge in [0.05, 0.1) is 6.10 Å². The highest BCUT2D eigenvalue weighted by molar-refractivity contribution is 5.43. The van der Waals surface area contributed by atoms with Gasteiger partial charge in [0.2, 0.25) is 0 Å². The number of imidazole rings is 1. The average molecular weight is 251 g/mol. The van der Waals surface area contributed by atoms with E-state index >= 15 is 0 Å². The molecule has 1 heterocycles. The molecular formula is C12H14FN3O2. The molecule has 4 N–H and O–H groups in total. The van der Waals surface area contributed by atoms with E-state index in [0.29, 0.717) is 17.8 Å². The van der Waals surface area contributed by atoms with Crippen LogP contribution in [0.5, 0.6) is 0 Å². The van der Waals surface area contributed by atoms with Gasteiger partial charge >= 0.3 is 5.69 Å². The van der Waals surface area contributed by atoms with Crippen molar-refractivity contribution in [2.24, 2.45) is 0 Å². The van der Waals surface area contributed by atoms with Crippen molar-refractivity contribution in [3.05, 3.63) is 52.5 Å². The average Bonchev–Trinajstić information content (AvgIpc) is 2.72. The number of aromatic nitrogens is 2. The maximum Gasteiger partial charge on any atom is 0.323 e. The fourth-order valence-electron chi connectivity index (χ4n) is 1.64. The summed E-state index contributed by atoms with van der Waals surface area (Å²) in [5, 5.41) is 12.7. The molecular weight excluding hydrogens is 237 g/mol. The Balaban J connectivity index is 1.85. The molecule has 18 heavy (non-hydrogen) atoms. The summed E-state index contributed by atoms with van der Waals surface area (Å²) in [6, 6.07) is 6.01. The highest BCUT2D eigenvalue weighted by atomic mass is 19.1. The minimum Gasteiger partial charge on any atom is -0.391 e. The third kappa shape index (κ3) is 3.46. The van der Waals surface area contributed by atoms with Crippen molar-refractivity contribution in [1.82, 2.24) is 9.97 Å². The summed E-state index contributed by atoms with van der Waals surface area (Å²) in [6.07, 6.45) is 1.18. The molecule has 0 aliphatic carbocycles. The van der Waals surface area contributed by atoms with Crippen LogP contribution in [-0.2, 0) is 6.42 Å². The fraction of sp³-hybridized carbons (Fsp3) is 0.250. The van der Waals surface area contributed by atoms with Crippen LogP contribution in [0.25, 0.3) is 0 Å². The van der Waals surface area contributed by atoms with Gasteiger partial charge in [-0.15, -0.1) is 0 Å². The van der Waals surface area contributed by atoms with Gasteiger partial charge in [-0.05, 0) is 18.2 Å². The Labute approximate surface area is 103 Å². The third-order valence-corrected chi connectivity index (χ3v) is 2.47. The van der Waals surface area contributed by atoms with E-state index in [0.717, 1.165) is 0 Å². The molecule has 0 amide bonds. The van der Waals surface area contributed by atoms with Gasteiger partial charge in [0.1, 0.15) is 5.82 Å². The maximum atomic E-state index is 12.9. The Morgan fingerprint density at radius 2 is 2.28 bits per heavy atom. The summed E-state index contributed by atoms with van der Waals surface area (Å²) in [4.78, 5) is 15.9. The minimum absolute atomic E-state index is 0.274. The van der Waals surface area contributed by atoms with Crippen molar-refractivity contribution >= 4 is 5.69 Å². The van der Waals surface area contributed by atoms with Gasteiger partial charge in [-0.3, -0.25) is 0 Å². The molecule has 0 aliphatic rings. The van der Waals surface area contributed by atoms with E-state index in [1.165, 1.54) is 18.3 Å². The number of halogens is 1. The summed E-state index contributed by atoms with van der Waals surface area (Å²) in [5.41, 5.74) is 0.945. The monoisotopic (exact) mass is 251 g/mol. The molecule has 0 spiro atoms. The van der Waals surface area contributed by atoms with E-state index in [1.54, 1.807) is 12.1 Å². The molecule has 0 bridgehead atoms. The van der Waals surface area contributed by atoms with Crippen molar-refractivity contribution in [1.29, 1.82) is 0 Å². The normalized spacial score (nSPS) is 12.3. The number of benzene rings is 1. The van der Waals surface area contributed by atoms with E-state index < -0.39 is 6.10 Å². The zero-order valence-electron chi connectivity index (χ0n) is 9.61. The number of hydrogen-bond donors (Lipinski definition) is 4. The molecule has 1 unspecified atom stereocenters. The predicted molar refractivity (Wildman–Crippen MR) is 66.0 cm³/mol. The number of hydrogen-bond acceptors (Lipinski definition) is 3. The molecule has 96 valence electrons. The molecule has 0 saturated carbocycles. The Morgan fingerprint density at radius 3 is 2.94 bits per heavy atom. The van der Waals surface area contributed by atoms with Crippen LogP contribution in [-0.4, -0.2) is 27.7 Å². The number of nitrogens with one attached hydrogen (secondary N) is 3. The van der Waals surface area contributed by atoms with Gasteiger partial charge < -0.3 is 20.4 Å². The van der Waals surface area contributed by atoms with Gasteiger partial charge in [0.25, 0.3) is 0 Å². The van der Waals surface area contributed by atoms with E-state index in [4.69, 9.17) is 0 Å². The van der Waals surface area contributed by atoms with Crippen molar-refractivity contribution < 1.29 is 9.50 Å². The first-order valence-corrected chi connectivity index (χ1v) is 5.57. The molecule has 2 rings (SSSR count). The number of anilines is 1. The lowest BCUT2D eigenvalue weighted by Crippen LogP contribution is -2.22. The van der Waals surface area contributed by atoms with Crippen LogP contribution in [0.15, 0.2) is 35.3 Å². The van der Waals surface area contributed by atoms with Gasteiger partial charge in [-0.25, -0.2) is 9.18 Å². The molecule has 0 saturated heterocycles. The SMILES string of the molecule is O=c1[nH]cc(CC(O)CNc2cccc(F)c2)[nH]1. The molecule has 0 fully saturated rings. The van der Waals surface area contributed by atoms with Crippen LogP contribution in [0, 0.1) is 5.82 Å². The fourth-order valence-corrected chi connectivity index (χ4v) is 1.64. The Hall–Kier alpha value is -2.08. The summed E-state index contributed by atoms with van der Waals surface area (Å²) < 4.78 is 12.9. The van der Waals surface area contributed by atoms with Crippen LogP contribution in [0.3, 0.4) is 0 Å². The largest absolute Gasteiger partial charge is 0.391 e.